The van der Waals surface area contributed by atoms with E-state index < -0.39 is 0 Å². The number of methoxy groups -OCH3 is 1. The number of hydrogen-bond acceptors (Lipinski definition) is 1. The first-order chi connectivity index (χ1) is 9.53. The van der Waals surface area contributed by atoms with E-state index in [1.54, 1.807) is 7.11 Å². The molecule has 0 aliphatic carbocycles. The molecular formula is C19H28O. The highest BCUT2D eigenvalue weighted by Gasteiger charge is 2.07. The lowest BCUT2D eigenvalue weighted by Crippen LogP contribution is -1.93. The summed E-state index contributed by atoms with van der Waals surface area (Å²) in [5, 5.41) is 0. The first-order valence-electron chi connectivity index (χ1n) is 7.16. The maximum absolute atomic E-state index is 5.40. The second kappa shape index (κ2) is 9.19. The molecule has 0 aromatic heterocycles. The van der Waals surface area contributed by atoms with E-state index in [-0.39, 0.29) is 0 Å². The smallest absolute Gasteiger partial charge is 0.122 e. The molecule has 0 saturated carbocycles. The summed E-state index contributed by atoms with van der Waals surface area (Å²) in [7, 11) is 1.71. The predicted octanol–water partition coefficient (Wildman–Crippen LogP) is 5.87. The van der Waals surface area contributed by atoms with Gasteiger partial charge < -0.3 is 4.74 Å². The molecule has 1 rings (SSSR count). The van der Waals surface area contributed by atoms with Gasteiger partial charge in [0.1, 0.15) is 5.75 Å². The van der Waals surface area contributed by atoms with Crippen LogP contribution in [0.1, 0.15) is 44.4 Å². The van der Waals surface area contributed by atoms with Crippen molar-refractivity contribution in [3.8, 4) is 5.75 Å². The van der Waals surface area contributed by atoms with Gasteiger partial charge in [0.25, 0.3) is 0 Å². The van der Waals surface area contributed by atoms with E-state index in [4.69, 9.17) is 4.74 Å². The Hall–Kier alpha value is -1.76. The van der Waals surface area contributed by atoms with Crippen molar-refractivity contribution in [2.75, 3.05) is 7.11 Å². The predicted molar refractivity (Wildman–Crippen MR) is 91.4 cm³/mol. The lowest BCUT2D eigenvalue weighted by Gasteiger charge is -2.12. The second-order valence-electron chi connectivity index (χ2n) is 4.47. The van der Waals surface area contributed by atoms with Gasteiger partial charge in [-0.2, -0.15) is 0 Å². The van der Waals surface area contributed by atoms with Crippen LogP contribution in [-0.4, -0.2) is 7.11 Å². The highest BCUT2D eigenvalue weighted by Crippen LogP contribution is 2.28. The van der Waals surface area contributed by atoms with Crippen LogP contribution in [0, 0.1) is 13.8 Å². The zero-order valence-electron chi connectivity index (χ0n) is 14.0. The number of hydrogen-bond donors (Lipinski definition) is 0. The lowest BCUT2D eigenvalue weighted by atomic mass is 9.96. The van der Waals surface area contributed by atoms with Crippen molar-refractivity contribution < 1.29 is 4.74 Å². The topological polar surface area (TPSA) is 9.23 Å². The standard InChI is InChI=1S/C17H22O.C2H6/c1-7-12(3)9-15(8-2)16-11-17(18-6)14(5)10-13(16)4;1-2/h7-11H,1H2,2-6H3;1-2H3/b12-9-,15-8+;. The number of rotatable bonds is 4. The molecule has 0 atom stereocenters. The fourth-order valence-electron chi connectivity index (χ4n) is 1.98. The Balaban J connectivity index is 0.00000172. The second-order valence-corrected chi connectivity index (χ2v) is 4.47. The average molecular weight is 272 g/mol. The average Bonchev–Trinajstić information content (AvgIpc) is 2.47. The summed E-state index contributed by atoms with van der Waals surface area (Å²) in [5.74, 6) is 0.930. The Morgan fingerprint density at radius 3 is 2.20 bits per heavy atom. The van der Waals surface area contributed by atoms with Crippen LogP contribution in [0.2, 0.25) is 0 Å². The highest BCUT2D eigenvalue weighted by atomic mass is 16.5. The van der Waals surface area contributed by atoms with Crippen LogP contribution in [0.3, 0.4) is 0 Å². The summed E-state index contributed by atoms with van der Waals surface area (Å²) < 4.78 is 5.40. The van der Waals surface area contributed by atoms with Crippen LogP contribution < -0.4 is 4.74 Å². The van der Waals surface area contributed by atoms with Gasteiger partial charge in [-0.1, -0.05) is 50.3 Å². The van der Waals surface area contributed by atoms with E-state index in [2.05, 4.69) is 51.6 Å². The summed E-state index contributed by atoms with van der Waals surface area (Å²) in [5.41, 5.74) is 5.99. The van der Waals surface area contributed by atoms with Gasteiger partial charge in [-0.25, -0.2) is 0 Å². The minimum Gasteiger partial charge on any atom is -0.496 e. The van der Waals surface area contributed by atoms with Gasteiger partial charge in [0.2, 0.25) is 0 Å². The number of aryl methyl sites for hydroxylation is 2. The van der Waals surface area contributed by atoms with Gasteiger partial charge in [-0.05, 0) is 56.0 Å². The number of benzene rings is 1. The molecule has 1 nitrogen and oxygen atoms in total. The van der Waals surface area contributed by atoms with E-state index in [0.29, 0.717) is 0 Å². The van der Waals surface area contributed by atoms with E-state index >= 15 is 0 Å². The number of ether oxygens (including phenoxy) is 1. The van der Waals surface area contributed by atoms with Gasteiger partial charge in [0.15, 0.2) is 0 Å². The molecule has 0 spiro atoms. The zero-order chi connectivity index (χ0) is 15.7. The largest absolute Gasteiger partial charge is 0.496 e. The van der Waals surface area contributed by atoms with Crippen molar-refractivity contribution in [3.63, 3.8) is 0 Å². The van der Waals surface area contributed by atoms with E-state index in [1.165, 1.54) is 22.3 Å². The third-order valence-electron chi connectivity index (χ3n) is 3.07. The first kappa shape index (κ1) is 18.2. The third kappa shape index (κ3) is 4.73. The maximum Gasteiger partial charge on any atom is 0.122 e. The molecule has 0 radical (unpaired) electrons. The van der Waals surface area contributed by atoms with E-state index in [1.807, 2.05) is 26.8 Å². The molecule has 0 unspecified atom stereocenters. The minimum atomic E-state index is 0.930. The van der Waals surface area contributed by atoms with E-state index in [9.17, 15) is 0 Å². The summed E-state index contributed by atoms with van der Waals surface area (Å²) in [4.78, 5) is 0. The molecule has 0 fully saturated rings. The Morgan fingerprint density at radius 1 is 1.15 bits per heavy atom. The van der Waals surface area contributed by atoms with Crippen molar-refractivity contribution >= 4 is 5.57 Å². The van der Waals surface area contributed by atoms with Crippen LogP contribution in [0.15, 0.2) is 42.5 Å². The van der Waals surface area contributed by atoms with Gasteiger partial charge in [0, 0.05) is 0 Å². The Morgan fingerprint density at radius 2 is 1.75 bits per heavy atom. The van der Waals surface area contributed by atoms with Gasteiger partial charge in [-0.3, -0.25) is 0 Å². The molecule has 0 amide bonds. The molecule has 0 saturated heterocycles. The minimum absolute atomic E-state index is 0.930. The van der Waals surface area contributed by atoms with Crippen LogP contribution in [-0.2, 0) is 0 Å². The molecule has 0 bridgehead atoms. The van der Waals surface area contributed by atoms with Crippen LogP contribution >= 0.6 is 0 Å². The molecule has 110 valence electrons. The molecule has 0 aliphatic heterocycles. The van der Waals surface area contributed by atoms with Crippen molar-refractivity contribution in [1.29, 1.82) is 0 Å². The normalized spacial score (nSPS) is 11.6. The highest BCUT2D eigenvalue weighted by molar-refractivity contribution is 5.78. The molecule has 0 heterocycles. The Labute approximate surface area is 124 Å². The quantitative estimate of drug-likeness (QED) is 0.622. The maximum atomic E-state index is 5.40. The molecule has 0 N–H and O–H groups in total. The van der Waals surface area contributed by atoms with E-state index in [0.717, 1.165) is 11.3 Å². The summed E-state index contributed by atoms with van der Waals surface area (Å²) in [6.45, 7) is 16.1. The lowest BCUT2D eigenvalue weighted by molar-refractivity contribution is 0.411. The molecular weight excluding hydrogens is 244 g/mol. The Bertz CT molecular complexity index is 505. The van der Waals surface area contributed by atoms with Crippen LogP contribution in [0.4, 0.5) is 0 Å². The molecule has 1 aromatic carbocycles. The first-order valence-corrected chi connectivity index (χ1v) is 7.16. The fourth-order valence-corrected chi connectivity index (χ4v) is 1.98. The summed E-state index contributed by atoms with van der Waals surface area (Å²) >= 11 is 0. The van der Waals surface area contributed by atoms with Crippen molar-refractivity contribution in [2.45, 2.75) is 41.5 Å². The number of allylic oxidation sites excluding steroid dienone is 5. The summed E-state index contributed by atoms with van der Waals surface area (Å²) in [6, 6.07) is 4.27. The van der Waals surface area contributed by atoms with Gasteiger partial charge >= 0.3 is 0 Å². The zero-order valence-corrected chi connectivity index (χ0v) is 14.0. The van der Waals surface area contributed by atoms with Crippen molar-refractivity contribution in [1.82, 2.24) is 0 Å². The monoisotopic (exact) mass is 272 g/mol. The van der Waals surface area contributed by atoms with Crippen molar-refractivity contribution in [3.05, 3.63) is 59.2 Å². The fraction of sp³-hybridized carbons (Fsp3) is 0.368. The molecule has 1 aromatic rings. The van der Waals surface area contributed by atoms with Gasteiger partial charge in [0.05, 0.1) is 7.11 Å². The van der Waals surface area contributed by atoms with Crippen molar-refractivity contribution in [2.24, 2.45) is 0 Å². The van der Waals surface area contributed by atoms with Crippen LogP contribution in [0.25, 0.3) is 5.57 Å². The summed E-state index contributed by atoms with van der Waals surface area (Å²) in [6.07, 6.45) is 6.12. The molecule has 1 heteroatoms. The molecule has 20 heavy (non-hydrogen) atoms. The third-order valence-corrected chi connectivity index (χ3v) is 3.07. The Kier molecular flexibility index (Phi) is 8.38. The van der Waals surface area contributed by atoms with Gasteiger partial charge in [-0.15, -0.1) is 0 Å². The SMILES string of the molecule is C=C/C(C)=C\C(=C/C)c1cc(OC)c(C)cc1C.CC. The molecule has 0 aliphatic rings. The van der Waals surface area contributed by atoms with Crippen LogP contribution in [0.5, 0.6) is 5.75 Å².